The minimum absolute atomic E-state index is 0.0407. The average Bonchev–Trinajstić information content (AvgIpc) is 3.24. The molecule has 0 radical (unpaired) electrons. The number of hydrogen-bond acceptors (Lipinski definition) is 5. The van der Waals surface area contributed by atoms with E-state index in [1.54, 1.807) is 16.0 Å². The SMILES string of the molecule is CN1CCN(c2cnn(C3CN(c4ncc(C5CC5)cn4)C3)c2)C1=O. The minimum Gasteiger partial charge on any atom is -0.336 e. The molecular formula is C17H21N7O. The maximum absolute atomic E-state index is 12.1. The molecule has 130 valence electrons. The van der Waals surface area contributed by atoms with Gasteiger partial charge in [-0.2, -0.15) is 5.10 Å². The van der Waals surface area contributed by atoms with Crippen LogP contribution in [-0.2, 0) is 0 Å². The second-order valence-electron chi connectivity index (χ2n) is 7.18. The molecule has 0 bridgehead atoms. The van der Waals surface area contributed by atoms with E-state index >= 15 is 0 Å². The molecule has 0 atom stereocenters. The fourth-order valence-corrected chi connectivity index (χ4v) is 3.46. The summed E-state index contributed by atoms with van der Waals surface area (Å²) in [6.45, 7) is 3.17. The molecule has 25 heavy (non-hydrogen) atoms. The zero-order chi connectivity index (χ0) is 17.0. The molecule has 8 nitrogen and oxygen atoms in total. The maximum Gasteiger partial charge on any atom is 0.324 e. The summed E-state index contributed by atoms with van der Waals surface area (Å²) in [6.07, 6.45) is 10.2. The third-order valence-electron chi connectivity index (χ3n) is 5.34. The van der Waals surface area contributed by atoms with Gasteiger partial charge in [-0.1, -0.05) is 0 Å². The predicted octanol–water partition coefficient (Wildman–Crippen LogP) is 1.48. The van der Waals surface area contributed by atoms with Crippen LogP contribution < -0.4 is 9.80 Å². The zero-order valence-corrected chi connectivity index (χ0v) is 14.2. The summed E-state index contributed by atoms with van der Waals surface area (Å²) < 4.78 is 1.95. The lowest BCUT2D eigenvalue weighted by molar-refractivity contribution is 0.229. The van der Waals surface area contributed by atoms with Gasteiger partial charge in [0, 0.05) is 51.8 Å². The maximum atomic E-state index is 12.1. The summed E-state index contributed by atoms with van der Waals surface area (Å²) >= 11 is 0. The number of carbonyl (C=O) groups is 1. The Labute approximate surface area is 146 Å². The van der Waals surface area contributed by atoms with Gasteiger partial charge in [-0.15, -0.1) is 0 Å². The number of nitrogens with zero attached hydrogens (tertiary/aromatic N) is 7. The van der Waals surface area contributed by atoms with Gasteiger partial charge in [0.05, 0.1) is 17.9 Å². The Morgan fingerprint density at radius 3 is 2.48 bits per heavy atom. The molecule has 3 aliphatic rings. The molecule has 2 aromatic rings. The summed E-state index contributed by atoms with van der Waals surface area (Å²) in [7, 11) is 1.82. The molecule has 0 N–H and O–H groups in total. The van der Waals surface area contributed by atoms with Gasteiger partial charge in [0.15, 0.2) is 0 Å². The van der Waals surface area contributed by atoms with Gasteiger partial charge in [0.1, 0.15) is 0 Å². The molecule has 0 unspecified atom stereocenters. The first-order chi connectivity index (χ1) is 12.2. The van der Waals surface area contributed by atoms with Crippen molar-refractivity contribution in [1.29, 1.82) is 0 Å². The molecule has 4 heterocycles. The Morgan fingerprint density at radius 1 is 1.08 bits per heavy atom. The second kappa shape index (κ2) is 5.44. The van der Waals surface area contributed by atoms with Crippen molar-refractivity contribution in [3.05, 3.63) is 30.4 Å². The molecule has 1 saturated carbocycles. The summed E-state index contributed by atoms with van der Waals surface area (Å²) in [6, 6.07) is 0.342. The first-order valence-corrected chi connectivity index (χ1v) is 8.83. The van der Waals surface area contributed by atoms with Crippen LogP contribution >= 0.6 is 0 Å². The molecule has 8 heteroatoms. The van der Waals surface area contributed by atoms with E-state index < -0.39 is 0 Å². The molecule has 2 saturated heterocycles. The monoisotopic (exact) mass is 339 g/mol. The van der Waals surface area contributed by atoms with E-state index in [-0.39, 0.29) is 6.03 Å². The van der Waals surface area contributed by atoms with Crippen LogP contribution in [0.5, 0.6) is 0 Å². The van der Waals surface area contributed by atoms with Gasteiger partial charge in [-0.05, 0) is 24.3 Å². The number of aromatic nitrogens is 4. The molecular weight excluding hydrogens is 318 g/mol. The van der Waals surface area contributed by atoms with Crippen LogP contribution in [0.4, 0.5) is 16.4 Å². The van der Waals surface area contributed by atoms with Gasteiger partial charge >= 0.3 is 6.03 Å². The number of likely N-dealkylation sites (N-methyl/N-ethyl adjacent to an activating group) is 1. The fourth-order valence-electron chi connectivity index (χ4n) is 3.46. The van der Waals surface area contributed by atoms with Gasteiger partial charge in [0.2, 0.25) is 5.95 Å². The summed E-state index contributed by atoms with van der Waals surface area (Å²) in [5, 5.41) is 4.45. The number of urea groups is 1. The van der Waals surface area contributed by atoms with Gasteiger partial charge in [-0.3, -0.25) is 9.58 Å². The number of carbonyl (C=O) groups excluding carboxylic acids is 1. The Bertz CT molecular complexity index is 792. The Kier molecular flexibility index (Phi) is 3.19. The van der Waals surface area contributed by atoms with Crippen molar-refractivity contribution in [2.45, 2.75) is 24.8 Å². The summed E-state index contributed by atoms with van der Waals surface area (Å²) in [4.78, 5) is 26.8. The van der Waals surface area contributed by atoms with Gasteiger partial charge < -0.3 is 9.80 Å². The normalized spacial score (nSPS) is 21.2. The molecule has 0 aromatic carbocycles. The largest absolute Gasteiger partial charge is 0.336 e. The van der Waals surface area contributed by atoms with E-state index in [0.29, 0.717) is 12.0 Å². The third kappa shape index (κ3) is 2.52. The van der Waals surface area contributed by atoms with Crippen LogP contribution in [0.2, 0.25) is 0 Å². The fraction of sp³-hybridized carbons (Fsp3) is 0.529. The highest BCUT2D eigenvalue weighted by Gasteiger charge is 2.33. The highest BCUT2D eigenvalue weighted by molar-refractivity contribution is 5.93. The molecule has 0 spiro atoms. The molecule has 5 rings (SSSR count). The zero-order valence-electron chi connectivity index (χ0n) is 14.2. The van der Waals surface area contributed by atoms with Crippen molar-refractivity contribution >= 4 is 17.7 Å². The first-order valence-electron chi connectivity index (χ1n) is 8.83. The van der Waals surface area contributed by atoms with E-state index in [0.717, 1.165) is 37.8 Å². The summed E-state index contributed by atoms with van der Waals surface area (Å²) in [5.74, 6) is 1.48. The number of amides is 2. The standard InChI is InChI=1S/C17H21N7O/c1-21-4-5-23(17(21)25)14-8-20-24(11-14)15-9-22(10-15)16-18-6-13(7-19-16)12-2-3-12/h6-8,11-12,15H,2-5,9-10H2,1H3. The van der Waals surface area contributed by atoms with Crippen molar-refractivity contribution in [1.82, 2.24) is 24.6 Å². The molecule has 2 aliphatic heterocycles. The van der Waals surface area contributed by atoms with Crippen LogP contribution in [-0.4, -0.2) is 63.9 Å². The number of anilines is 2. The smallest absolute Gasteiger partial charge is 0.324 e. The average molecular weight is 339 g/mol. The Hall–Kier alpha value is -2.64. The van der Waals surface area contributed by atoms with E-state index in [2.05, 4.69) is 20.0 Å². The van der Waals surface area contributed by atoms with E-state index in [1.807, 2.05) is 30.3 Å². The molecule has 1 aliphatic carbocycles. The Morgan fingerprint density at radius 2 is 1.84 bits per heavy atom. The van der Waals surface area contributed by atoms with Crippen LogP contribution in [0.1, 0.15) is 30.4 Å². The van der Waals surface area contributed by atoms with E-state index in [1.165, 1.54) is 18.4 Å². The summed E-state index contributed by atoms with van der Waals surface area (Å²) in [5.41, 5.74) is 2.13. The quantitative estimate of drug-likeness (QED) is 0.844. The van der Waals surface area contributed by atoms with Crippen molar-refractivity contribution in [2.24, 2.45) is 0 Å². The molecule has 2 aromatic heterocycles. The third-order valence-corrected chi connectivity index (χ3v) is 5.34. The van der Waals surface area contributed by atoms with Gasteiger partial charge in [-0.25, -0.2) is 14.8 Å². The lowest BCUT2D eigenvalue weighted by Gasteiger charge is -2.39. The van der Waals surface area contributed by atoms with Crippen LogP contribution in [0.25, 0.3) is 0 Å². The molecule has 3 fully saturated rings. The minimum atomic E-state index is 0.0407. The highest BCUT2D eigenvalue weighted by Crippen LogP contribution is 2.39. The number of hydrogen-bond donors (Lipinski definition) is 0. The lowest BCUT2D eigenvalue weighted by Crippen LogP contribution is -2.48. The second-order valence-corrected chi connectivity index (χ2v) is 7.18. The van der Waals surface area contributed by atoms with Crippen molar-refractivity contribution in [3.63, 3.8) is 0 Å². The van der Waals surface area contributed by atoms with E-state index in [9.17, 15) is 4.79 Å². The van der Waals surface area contributed by atoms with Crippen LogP contribution in [0.15, 0.2) is 24.8 Å². The Balaban J connectivity index is 1.22. The molecule has 2 amide bonds. The lowest BCUT2D eigenvalue weighted by atomic mass is 10.1. The van der Waals surface area contributed by atoms with Crippen molar-refractivity contribution < 1.29 is 4.79 Å². The van der Waals surface area contributed by atoms with Crippen LogP contribution in [0.3, 0.4) is 0 Å². The number of rotatable bonds is 4. The highest BCUT2D eigenvalue weighted by atomic mass is 16.2. The van der Waals surface area contributed by atoms with E-state index in [4.69, 9.17) is 0 Å². The van der Waals surface area contributed by atoms with Gasteiger partial charge in [0.25, 0.3) is 0 Å². The van der Waals surface area contributed by atoms with Crippen molar-refractivity contribution in [2.75, 3.05) is 43.0 Å². The van der Waals surface area contributed by atoms with Crippen LogP contribution in [0, 0.1) is 0 Å². The predicted molar refractivity (Wildman–Crippen MR) is 92.9 cm³/mol. The first kappa shape index (κ1) is 14.7. The van der Waals surface area contributed by atoms with Crippen molar-refractivity contribution in [3.8, 4) is 0 Å². The topological polar surface area (TPSA) is 70.4 Å².